The molecular weight excluding hydrogens is 224 g/mol. The van der Waals surface area contributed by atoms with Gasteiger partial charge in [0.1, 0.15) is 5.76 Å². The summed E-state index contributed by atoms with van der Waals surface area (Å²) in [5.41, 5.74) is -1.32. The number of carbonyl (C=O) groups is 1. The summed E-state index contributed by atoms with van der Waals surface area (Å²) in [5.74, 6) is -0.392. The number of hydrogen-bond donors (Lipinski definition) is 1. The summed E-state index contributed by atoms with van der Waals surface area (Å²) in [6, 6.07) is 1.20. The Labute approximate surface area is 99.0 Å². The SMILES string of the molecule is COC(=O)CC(C)(C)c1oc(C)cc(=O)c1O. The molecule has 5 nitrogen and oxygen atoms in total. The third-order valence-corrected chi connectivity index (χ3v) is 2.47. The fraction of sp³-hybridized carbons (Fsp3) is 0.500. The van der Waals surface area contributed by atoms with Crippen LogP contribution >= 0.6 is 0 Å². The largest absolute Gasteiger partial charge is 0.502 e. The number of hydrogen-bond acceptors (Lipinski definition) is 5. The molecule has 0 aliphatic rings. The van der Waals surface area contributed by atoms with Gasteiger partial charge in [-0.15, -0.1) is 0 Å². The van der Waals surface area contributed by atoms with Crippen molar-refractivity contribution in [2.75, 3.05) is 7.11 Å². The number of methoxy groups -OCH3 is 1. The molecule has 0 fully saturated rings. The number of aryl methyl sites for hydroxylation is 1. The summed E-state index contributed by atoms with van der Waals surface area (Å²) in [7, 11) is 1.28. The minimum absolute atomic E-state index is 0.0173. The van der Waals surface area contributed by atoms with E-state index in [-0.39, 0.29) is 12.2 Å². The van der Waals surface area contributed by atoms with Crippen LogP contribution in [0.5, 0.6) is 5.75 Å². The van der Waals surface area contributed by atoms with Crippen LogP contribution in [0.15, 0.2) is 15.3 Å². The molecule has 0 atom stereocenters. The van der Waals surface area contributed by atoms with E-state index in [9.17, 15) is 14.7 Å². The molecule has 5 heteroatoms. The van der Waals surface area contributed by atoms with Crippen LogP contribution in [-0.2, 0) is 14.9 Å². The molecule has 1 aromatic heterocycles. The zero-order valence-electron chi connectivity index (χ0n) is 10.4. The van der Waals surface area contributed by atoms with Gasteiger partial charge in [-0.3, -0.25) is 9.59 Å². The van der Waals surface area contributed by atoms with Gasteiger partial charge in [0.25, 0.3) is 0 Å². The fourth-order valence-electron chi connectivity index (χ4n) is 1.58. The molecule has 0 aliphatic heterocycles. The summed E-state index contributed by atoms with van der Waals surface area (Å²) in [6.07, 6.45) is 0.0173. The highest BCUT2D eigenvalue weighted by Crippen LogP contribution is 2.32. The Kier molecular flexibility index (Phi) is 3.60. The second-order valence-electron chi connectivity index (χ2n) is 4.54. The van der Waals surface area contributed by atoms with E-state index in [1.165, 1.54) is 13.2 Å². The number of carbonyl (C=O) groups excluding carboxylic acids is 1. The first-order valence-electron chi connectivity index (χ1n) is 5.19. The molecule has 0 saturated heterocycles. The molecule has 0 bridgehead atoms. The average Bonchev–Trinajstić information content (AvgIpc) is 2.22. The highest BCUT2D eigenvalue weighted by atomic mass is 16.5. The Balaban J connectivity index is 3.23. The number of rotatable bonds is 3. The molecule has 1 aromatic rings. The van der Waals surface area contributed by atoms with Crippen LogP contribution in [0.2, 0.25) is 0 Å². The van der Waals surface area contributed by atoms with Gasteiger partial charge in [-0.1, -0.05) is 13.8 Å². The maximum absolute atomic E-state index is 11.4. The van der Waals surface area contributed by atoms with E-state index in [1.54, 1.807) is 20.8 Å². The lowest BCUT2D eigenvalue weighted by molar-refractivity contribution is -0.142. The van der Waals surface area contributed by atoms with E-state index in [0.29, 0.717) is 5.76 Å². The number of aromatic hydroxyl groups is 1. The minimum atomic E-state index is -0.803. The van der Waals surface area contributed by atoms with Crippen molar-refractivity contribution >= 4 is 5.97 Å². The lowest BCUT2D eigenvalue weighted by Gasteiger charge is -2.22. The molecule has 0 unspecified atom stereocenters. The molecule has 94 valence electrons. The highest BCUT2D eigenvalue weighted by Gasteiger charge is 2.31. The Morgan fingerprint density at radius 1 is 1.53 bits per heavy atom. The second kappa shape index (κ2) is 4.61. The van der Waals surface area contributed by atoms with Crippen molar-refractivity contribution < 1.29 is 19.1 Å². The molecule has 1 N–H and O–H groups in total. The van der Waals surface area contributed by atoms with Crippen molar-refractivity contribution in [2.24, 2.45) is 0 Å². The molecule has 0 aromatic carbocycles. The Morgan fingerprint density at radius 2 is 2.12 bits per heavy atom. The summed E-state index contributed by atoms with van der Waals surface area (Å²) in [4.78, 5) is 22.7. The van der Waals surface area contributed by atoms with E-state index < -0.39 is 22.6 Å². The van der Waals surface area contributed by atoms with E-state index in [0.717, 1.165) is 0 Å². The lowest BCUT2D eigenvalue weighted by Crippen LogP contribution is -2.24. The van der Waals surface area contributed by atoms with E-state index in [1.807, 2.05) is 0 Å². The molecule has 0 saturated carbocycles. The van der Waals surface area contributed by atoms with Crippen LogP contribution in [0.3, 0.4) is 0 Å². The predicted molar refractivity (Wildman–Crippen MR) is 61.0 cm³/mol. The maximum atomic E-state index is 11.4. The molecule has 17 heavy (non-hydrogen) atoms. The summed E-state index contributed by atoms with van der Waals surface area (Å²) < 4.78 is 9.91. The Morgan fingerprint density at radius 3 is 2.65 bits per heavy atom. The van der Waals surface area contributed by atoms with Crippen LogP contribution in [0, 0.1) is 6.92 Å². The fourth-order valence-corrected chi connectivity index (χ4v) is 1.58. The van der Waals surface area contributed by atoms with E-state index in [4.69, 9.17) is 4.42 Å². The third kappa shape index (κ3) is 2.87. The summed E-state index contributed by atoms with van der Waals surface area (Å²) in [6.45, 7) is 5.00. The first kappa shape index (κ1) is 13.3. The normalized spacial score (nSPS) is 11.3. The van der Waals surface area contributed by atoms with Gasteiger partial charge in [0.15, 0.2) is 5.76 Å². The van der Waals surface area contributed by atoms with Gasteiger partial charge in [-0.25, -0.2) is 0 Å². The first-order chi connectivity index (χ1) is 7.77. The number of esters is 1. The zero-order chi connectivity index (χ0) is 13.2. The van der Waals surface area contributed by atoms with Gasteiger partial charge < -0.3 is 14.3 Å². The zero-order valence-corrected chi connectivity index (χ0v) is 10.4. The first-order valence-corrected chi connectivity index (χ1v) is 5.19. The standard InChI is InChI=1S/C12H16O5/c1-7-5-8(13)10(15)11(17-7)12(2,3)6-9(14)16-4/h5,15H,6H2,1-4H3. The molecular formula is C12H16O5. The quantitative estimate of drug-likeness (QED) is 0.810. The molecule has 0 spiro atoms. The molecule has 0 aliphatic carbocycles. The maximum Gasteiger partial charge on any atom is 0.306 e. The van der Waals surface area contributed by atoms with Crippen molar-refractivity contribution in [1.29, 1.82) is 0 Å². The monoisotopic (exact) mass is 240 g/mol. The van der Waals surface area contributed by atoms with Crippen molar-refractivity contribution in [3.63, 3.8) is 0 Å². The van der Waals surface area contributed by atoms with Crippen LogP contribution in [0.4, 0.5) is 0 Å². The van der Waals surface area contributed by atoms with Crippen molar-refractivity contribution in [2.45, 2.75) is 32.6 Å². The van der Waals surface area contributed by atoms with Gasteiger partial charge in [-0.05, 0) is 6.92 Å². The smallest absolute Gasteiger partial charge is 0.306 e. The van der Waals surface area contributed by atoms with Gasteiger partial charge in [0.05, 0.1) is 13.5 Å². The van der Waals surface area contributed by atoms with Gasteiger partial charge >= 0.3 is 5.97 Å². The van der Waals surface area contributed by atoms with Crippen LogP contribution in [-0.4, -0.2) is 18.2 Å². The Bertz CT molecular complexity index is 484. The average molecular weight is 240 g/mol. The van der Waals surface area contributed by atoms with E-state index in [2.05, 4.69) is 4.74 Å². The van der Waals surface area contributed by atoms with Crippen LogP contribution in [0.25, 0.3) is 0 Å². The van der Waals surface area contributed by atoms with E-state index >= 15 is 0 Å². The van der Waals surface area contributed by atoms with Crippen LogP contribution in [0.1, 0.15) is 31.8 Å². The highest BCUT2D eigenvalue weighted by molar-refractivity contribution is 5.71. The molecule has 0 radical (unpaired) electrons. The summed E-state index contributed by atoms with van der Waals surface area (Å²) in [5, 5.41) is 9.68. The van der Waals surface area contributed by atoms with Crippen molar-refractivity contribution in [3.05, 3.63) is 27.8 Å². The van der Waals surface area contributed by atoms with Crippen LogP contribution < -0.4 is 5.43 Å². The van der Waals surface area contributed by atoms with Gasteiger partial charge in [0.2, 0.25) is 11.2 Å². The predicted octanol–water partition coefficient (Wildman–Crippen LogP) is 1.49. The third-order valence-electron chi connectivity index (χ3n) is 2.47. The number of ether oxygens (including phenoxy) is 1. The van der Waals surface area contributed by atoms with Crippen molar-refractivity contribution in [1.82, 2.24) is 0 Å². The summed E-state index contributed by atoms with van der Waals surface area (Å²) >= 11 is 0. The second-order valence-corrected chi connectivity index (χ2v) is 4.54. The molecule has 1 rings (SSSR count). The van der Waals surface area contributed by atoms with Crippen molar-refractivity contribution in [3.8, 4) is 5.75 Å². The lowest BCUT2D eigenvalue weighted by atomic mass is 9.85. The topological polar surface area (TPSA) is 76.7 Å². The minimum Gasteiger partial charge on any atom is -0.502 e. The molecule has 1 heterocycles. The Hall–Kier alpha value is -1.78. The van der Waals surface area contributed by atoms with Gasteiger partial charge in [-0.2, -0.15) is 0 Å². The van der Waals surface area contributed by atoms with Gasteiger partial charge in [0, 0.05) is 11.5 Å². The molecule has 0 amide bonds.